The zero-order chi connectivity index (χ0) is 11.8. The van der Waals surface area contributed by atoms with Gasteiger partial charge in [-0.1, -0.05) is 0 Å². The van der Waals surface area contributed by atoms with E-state index in [-0.39, 0.29) is 5.91 Å². The number of carbonyl (C=O) groups is 1. The second-order valence-corrected chi connectivity index (χ2v) is 4.16. The first-order valence-corrected chi connectivity index (χ1v) is 5.96. The first-order valence-electron chi connectivity index (χ1n) is 4.80. The van der Waals surface area contributed by atoms with Crippen LogP contribution in [-0.2, 0) is 10.5 Å². The number of nitrogens with two attached hydrogens (primary N) is 1. The van der Waals surface area contributed by atoms with Crippen molar-refractivity contribution in [1.82, 2.24) is 10.4 Å². The van der Waals surface area contributed by atoms with E-state index in [4.69, 9.17) is 10.6 Å². The highest BCUT2D eigenvalue weighted by Crippen LogP contribution is 2.10. The van der Waals surface area contributed by atoms with Crippen LogP contribution in [0.15, 0.2) is 18.3 Å². The maximum Gasteiger partial charge on any atom is 0.266 e. The van der Waals surface area contributed by atoms with Gasteiger partial charge in [0.05, 0.1) is 17.9 Å². The van der Waals surface area contributed by atoms with Crippen LogP contribution in [0.2, 0.25) is 0 Å². The lowest BCUT2D eigenvalue weighted by Gasteiger charge is -2.02. The Kier molecular flexibility index (Phi) is 5.84. The minimum Gasteiger partial charge on any atom is -0.384 e. The molecule has 0 saturated carbocycles. The molecule has 0 aliphatic carbocycles. The van der Waals surface area contributed by atoms with E-state index < -0.39 is 0 Å². The highest BCUT2D eigenvalue weighted by Gasteiger charge is 2.03. The summed E-state index contributed by atoms with van der Waals surface area (Å²) in [5, 5.41) is 0. The lowest BCUT2D eigenvalue weighted by atomic mass is 10.2. The Bertz CT molecular complexity index is 329. The fraction of sp³-hybridized carbons (Fsp3) is 0.400. The molecule has 6 heteroatoms. The number of thioether (sulfide) groups is 1. The number of ether oxygens (including phenoxy) is 1. The number of rotatable bonds is 6. The highest BCUT2D eigenvalue weighted by molar-refractivity contribution is 7.98. The zero-order valence-corrected chi connectivity index (χ0v) is 9.92. The van der Waals surface area contributed by atoms with Gasteiger partial charge in [0.15, 0.2) is 0 Å². The van der Waals surface area contributed by atoms with Gasteiger partial charge in [-0.15, -0.1) is 0 Å². The van der Waals surface area contributed by atoms with Gasteiger partial charge in [-0.25, -0.2) is 5.84 Å². The quantitative estimate of drug-likeness (QED) is 0.329. The molecule has 0 aliphatic heterocycles. The van der Waals surface area contributed by atoms with E-state index in [0.717, 1.165) is 23.8 Å². The van der Waals surface area contributed by atoms with Gasteiger partial charge in [0, 0.05) is 24.8 Å². The summed E-state index contributed by atoms with van der Waals surface area (Å²) in [6.07, 6.45) is 1.52. The Hall–Kier alpha value is -1.11. The van der Waals surface area contributed by atoms with Crippen LogP contribution in [0.4, 0.5) is 0 Å². The lowest BCUT2D eigenvalue weighted by Crippen LogP contribution is -2.30. The molecule has 1 aromatic heterocycles. The van der Waals surface area contributed by atoms with E-state index in [1.54, 1.807) is 24.9 Å². The molecule has 16 heavy (non-hydrogen) atoms. The van der Waals surface area contributed by atoms with E-state index in [1.165, 1.54) is 6.20 Å². The second kappa shape index (κ2) is 7.21. The molecule has 1 heterocycles. The minimum absolute atomic E-state index is 0.328. The van der Waals surface area contributed by atoms with Crippen LogP contribution >= 0.6 is 11.8 Å². The van der Waals surface area contributed by atoms with Crippen molar-refractivity contribution in [3.05, 3.63) is 29.6 Å². The molecule has 0 spiro atoms. The molecule has 0 saturated heterocycles. The monoisotopic (exact) mass is 241 g/mol. The van der Waals surface area contributed by atoms with Crippen LogP contribution in [0.25, 0.3) is 0 Å². The van der Waals surface area contributed by atoms with Crippen molar-refractivity contribution in [3.63, 3.8) is 0 Å². The lowest BCUT2D eigenvalue weighted by molar-refractivity contribution is 0.0953. The molecule has 0 atom stereocenters. The van der Waals surface area contributed by atoms with Gasteiger partial charge < -0.3 is 4.74 Å². The number of amides is 1. The van der Waals surface area contributed by atoms with Crippen molar-refractivity contribution >= 4 is 17.7 Å². The summed E-state index contributed by atoms with van der Waals surface area (Å²) in [4.78, 5) is 15.3. The normalized spacial score (nSPS) is 10.1. The topological polar surface area (TPSA) is 77.2 Å². The van der Waals surface area contributed by atoms with Gasteiger partial charge in [-0.2, -0.15) is 11.8 Å². The standard InChI is InChI=1S/C10H15N3O2S/c1-15-4-5-16-7-9-3-2-8(6-12-9)10(14)13-11/h2-3,6H,4-5,7,11H2,1H3,(H,13,14). The summed E-state index contributed by atoms with van der Waals surface area (Å²) >= 11 is 1.74. The number of hydrogen-bond donors (Lipinski definition) is 2. The number of hydrogen-bond acceptors (Lipinski definition) is 5. The van der Waals surface area contributed by atoms with E-state index in [9.17, 15) is 4.79 Å². The largest absolute Gasteiger partial charge is 0.384 e. The fourth-order valence-corrected chi connectivity index (χ4v) is 1.86. The van der Waals surface area contributed by atoms with Crippen molar-refractivity contribution in [2.75, 3.05) is 19.5 Å². The maximum absolute atomic E-state index is 11.1. The molecule has 1 aromatic rings. The molecule has 3 N–H and O–H groups in total. The average molecular weight is 241 g/mol. The van der Waals surface area contributed by atoms with E-state index in [1.807, 2.05) is 6.07 Å². The van der Waals surface area contributed by atoms with Gasteiger partial charge in [0.1, 0.15) is 0 Å². The summed E-state index contributed by atoms with van der Waals surface area (Å²) in [5.41, 5.74) is 3.47. The van der Waals surface area contributed by atoms with Crippen LogP contribution in [0.3, 0.4) is 0 Å². The van der Waals surface area contributed by atoms with Crippen LogP contribution in [0.5, 0.6) is 0 Å². The fourth-order valence-electron chi connectivity index (χ4n) is 1.05. The summed E-state index contributed by atoms with van der Waals surface area (Å²) < 4.78 is 4.94. The van der Waals surface area contributed by atoms with Crippen LogP contribution in [0.1, 0.15) is 16.1 Å². The molecule has 0 aromatic carbocycles. The summed E-state index contributed by atoms with van der Waals surface area (Å²) in [7, 11) is 1.68. The maximum atomic E-state index is 11.1. The van der Waals surface area contributed by atoms with Crippen molar-refractivity contribution < 1.29 is 9.53 Å². The van der Waals surface area contributed by atoms with Crippen molar-refractivity contribution in [2.24, 2.45) is 5.84 Å². The number of nitrogen functional groups attached to an aromatic ring is 1. The van der Waals surface area contributed by atoms with Gasteiger partial charge in [0.25, 0.3) is 5.91 Å². The summed E-state index contributed by atoms with van der Waals surface area (Å²) in [6, 6.07) is 3.53. The van der Waals surface area contributed by atoms with Gasteiger partial charge in [0.2, 0.25) is 0 Å². The van der Waals surface area contributed by atoms with E-state index in [2.05, 4.69) is 10.4 Å². The molecular formula is C10H15N3O2S. The van der Waals surface area contributed by atoms with E-state index >= 15 is 0 Å². The number of carbonyl (C=O) groups excluding carboxylic acids is 1. The Labute approximate surface area is 98.7 Å². The average Bonchev–Trinajstić information content (AvgIpc) is 2.34. The van der Waals surface area contributed by atoms with Crippen molar-refractivity contribution in [1.29, 1.82) is 0 Å². The minimum atomic E-state index is -0.328. The van der Waals surface area contributed by atoms with Crippen molar-refractivity contribution in [2.45, 2.75) is 5.75 Å². The van der Waals surface area contributed by atoms with Crippen LogP contribution < -0.4 is 11.3 Å². The highest BCUT2D eigenvalue weighted by atomic mass is 32.2. The number of hydrazine groups is 1. The molecule has 0 aliphatic rings. The Balaban J connectivity index is 2.42. The molecule has 0 radical (unpaired) electrons. The zero-order valence-electron chi connectivity index (χ0n) is 9.10. The second-order valence-electron chi connectivity index (χ2n) is 3.06. The van der Waals surface area contributed by atoms with E-state index in [0.29, 0.717) is 5.56 Å². The summed E-state index contributed by atoms with van der Waals surface area (Å²) in [6.45, 7) is 0.734. The predicted octanol–water partition coefficient (Wildman–Crippen LogP) is 0.565. The predicted molar refractivity (Wildman–Crippen MR) is 63.9 cm³/mol. The van der Waals surface area contributed by atoms with Crippen LogP contribution in [-0.4, -0.2) is 30.4 Å². The third-order valence-electron chi connectivity index (χ3n) is 1.90. The third-order valence-corrected chi connectivity index (χ3v) is 2.85. The third kappa shape index (κ3) is 4.18. The molecule has 1 rings (SSSR count). The number of aromatic nitrogens is 1. The number of nitrogens with one attached hydrogen (secondary N) is 1. The Morgan fingerprint density at radius 1 is 1.62 bits per heavy atom. The Morgan fingerprint density at radius 2 is 2.44 bits per heavy atom. The number of nitrogens with zero attached hydrogens (tertiary/aromatic N) is 1. The van der Waals surface area contributed by atoms with Crippen LogP contribution in [0, 0.1) is 0 Å². The Morgan fingerprint density at radius 3 is 3.00 bits per heavy atom. The molecule has 1 amide bonds. The first kappa shape index (κ1) is 13.0. The van der Waals surface area contributed by atoms with Crippen molar-refractivity contribution in [3.8, 4) is 0 Å². The number of pyridine rings is 1. The number of methoxy groups -OCH3 is 1. The molecule has 5 nitrogen and oxygen atoms in total. The summed E-state index contributed by atoms with van der Waals surface area (Å²) in [5.74, 6) is 6.43. The molecule has 0 fully saturated rings. The first-order chi connectivity index (χ1) is 7.77. The SMILES string of the molecule is COCCSCc1ccc(C(=O)NN)cn1. The molecular weight excluding hydrogens is 226 g/mol. The van der Waals surface area contributed by atoms with Gasteiger partial charge in [-0.05, 0) is 12.1 Å². The molecule has 0 bridgehead atoms. The smallest absolute Gasteiger partial charge is 0.266 e. The molecule has 88 valence electrons. The molecule has 0 unspecified atom stereocenters. The van der Waals surface area contributed by atoms with Gasteiger partial charge in [-0.3, -0.25) is 15.2 Å². The van der Waals surface area contributed by atoms with Gasteiger partial charge >= 0.3 is 0 Å².